The first-order valence-electron chi connectivity index (χ1n) is 18.1. The van der Waals surface area contributed by atoms with Crippen LogP contribution in [0.15, 0.2) is 176 Å². The van der Waals surface area contributed by atoms with E-state index in [1.54, 1.807) is 0 Å². The van der Waals surface area contributed by atoms with Gasteiger partial charge in [-0.3, -0.25) is 9.55 Å². The van der Waals surface area contributed by atoms with E-state index in [2.05, 4.69) is 167 Å². The van der Waals surface area contributed by atoms with E-state index in [1.165, 1.54) is 83.1 Å². The monoisotopic (exact) mass is 663 g/mol. The summed E-state index contributed by atoms with van der Waals surface area (Å²) in [6.07, 6.45) is 6.79. The molecule has 0 fully saturated rings. The van der Waals surface area contributed by atoms with Crippen LogP contribution in [0.4, 0.5) is 0 Å². The van der Waals surface area contributed by atoms with E-state index in [0.717, 1.165) is 17.8 Å². The Labute approximate surface area is 302 Å². The molecule has 3 heteroatoms. The fourth-order valence-electron chi connectivity index (χ4n) is 9.10. The first-order chi connectivity index (χ1) is 25.8. The Morgan fingerprint density at radius 2 is 1.29 bits per heavy atom. The molecule has 0 amide bonds. The van der Waals surface area contributed by atoms with E-state index < -0.39 is 0 Å². The zero-order valence-electron chi connectivity index (χ0n) is 28.4. The zero-order chi connectivity index (χ0) is 34.2. The molecule has 1 atom stereocenters. The minimum atomic E-state index is 0.200. The Morgan fingerprint density at radius 1 is 0.500 bits per heavy atom. The van der Waals surface area contributed by atoms with Crippen LogP contribution in [0.5, 0.6) is 0 Å². The van der Waals surface area contributed by atoms with Crippen molar-refractivity contribution in [3.05, 3.63) is 210 Å². The van der Waals surface area contributed by atoms with Crippen LogP contribution in [0.25, 0.3) is 61.0 Å². The van der Waals surface area contributed by atoms with Crippen LogP contribution < -0.4 is 0 Å². The molecular formula is C49H33N3. The third-order valence-corrected chi connectivity index (χ3v) is 11.4. The molecule has 0 spiro atoms. The van der Waals surface area contributed by atoms with Crippen LogP contribution in [-0.4, -0.2) is 14.5 Å². The number of nitrogens with zero attached hydrogens (tertiary/aromatic N) is 3. The Balaban J connectivity index is 1.00. The highest BCUT2D eigenvalue weighted by atomic mass is 15.0. The fraction of sp³-hybridized carbons (Fsp3) is 0.0612. The third-order valence-electron chi connectivity index (χ3n) is 11.4. The molecule has 52 heavy (non-hydrogen) atoms. The lowest BCUT2D eigenvalue weighted by Gasteiger charge is -2.16. The molecule has 3 aromatic heterocycles. The van der Waals surface area contributed by atoms with Gasteiger partial charge in [-0.1, -0.05) is 109 Å². The minimum absolute atomic E-state index is 0.200. The summed E-state index contributed by atoms with van der Waals surface area (Å²) in [6, 6.07) is 57.9. The molecule has 2 aliphatic rings. The van der Waals surface area contributed by atoms with Gasteiger partial charge in [0.15, 0.2) is 0 Å². The van der Waals surface area contributed by atoms with Crippen molar-refractivity contribution in [2.24, 2.45) is 0 Å². The highest BCUT2D eigenvalue weighted by Crippen LogP contribution is 2.49. The summed E-state index contributed by atoms with van der Waals surface area (Å²) in [4.78, 5) is 9.52. The van der Waals surface area contributed by atoms with Crippen LogP contribution in [0.2, 0.25) is 0 Å². The Bertz CT molecular complexity index is 2800. The molecule has 1 unspecified atom stereocenters. The van der Waals surface area contributed by atoms with Crippen molar-refractivity contribution < 1.29 is 0 Å². The van der Waals surface area contributed by atoms with Crippen molar-refractivity contribution >= 4 is 21.9 Å². The van der Waals surface area contributed by atoms with Crippen molar-refractivity contribution in [2.45, 2.75) is 18.3 Å². The van der Waals surface area contributed by atoms with Crippen LogP contribution >= 0.6 is 0 Å². The van der Waals surface area contributed by atoms with E-state index in [0.29, 0.717) is 0 Å². The summed E-state index contributed by atoms with van der Waals surface area (Å²) in [5, 5.41) is 2.40. The molecule has 3 heterocycles. The quantitative estimate of drug-likeness (QED) is 0.183. The van der Waals surface area contributed by atoms with Crippen molar-refractivity contribution in [3.8, 4) is 39.1 Å². The maximum absolute atomic E-state index is 4.98. The van der Waals surface area contributed by atoms with E-state index in [4.69, 9.17) is 4.98 Å². The molecule has 3 nitrogen and oxygen atoms in total. The second-order valence-electron chi connectivity index (χ2n) is 14.2. The summed E-state index contributed by atoms with van der Waals surface area (Å²) >= 11 is 0. The van der Waals surface area contributed by atoms with E-state index in [9.17, 15) is 0 Å². The lowest BCUT2D eigenvalue weighted by atomic mass is 9.88. The summed E-state index contributed by atoms with van der Waals surface area (Å²) in [5.41, 5.74) is 19.0. The summed E-state index contributed by atoms with van der Waals surface area (Å²) in [7, 11) is 0. The standard InChI is InChI=1S/C49H33N3/c1-2-11-32(12-3-1)33-19-21-38-43(39-23-25-50-30-46(39)44(38)28-33)27-31-10-8-13-35(26-31)52-47-22-20-34(29-45(47)42-18-9-24-51-49(42)52)48-40-16-6-4-14-36(40)37-15-5-7-17-41(37)48/h1-26,28-30,43,48H,27H2. The zero-order valence-corrected chi connectivity index (χ0v) is 28.4. The van der Waals surface area contributed by atoms with Gasteiger partial charge in [0.05, 0.1) is 5.52 Å². The van der Waals surface area contributed by atoms with Crippen LogP contribution in [-0.2, 0) is 6.42 Å². The fourth-order valence-corrected chi connectivity index (χ4v) is 9.10. The molecule has 0 bridgehead atoms. The predicted octanol–water partition coefficient (Wildman–Crippen LogP) is 11.8. The van der Waals surface area contributed by atoms with Gasteiger partial charge in [-0.05, 0) is 116 Å². The van der Waals surface area contributed by atoms with Gasteiger partial charge in [-0.2, -0.15) is 0 Å². The Morgan fingerprint density at radius 3 is 2.13 bits per heavy atom. The molecule has 0 radical (unpaired) electrons. The molecule has 0 aliphatic heterocycles. The van der Waals surface area contributed by atoms with Crippen molar-refractivity contribution in [1.29, 1.82) is 0 Å². The number of fused-ring (bicyclic) bond motifs is 9. The molecule has 244 valence electrons. The van der Waals surface area contributed by atoms with E-state index >= 15 is 0 Å². The summed E-state index contributed by atoms with van der Waals surface area (Å²) < 4.78 is 2.35. The number of benzene rings is 6. The maximum atomic E-state index is 4.98. The maximum Gasteiger partial charge on any atom is 0.145 e. The number of aromatic nitrogens is 3. The lowest BCUT2D eigenvalue weighted by molar-refractivity contribution is 0.824. The van der Waals surface area contributed by atoms with Crippen LogP contribution in [0.1, 0.15) is 45.2 Å². The van der Waals surface area contributed by atoms with Gasteiger partial charge in [-0.15, -0.1) is 0 Å². The molecule has 0 N–H and O–H groups in total. The van der Waals surface area contributed by atoms with Gasteiger partial charge in [0.1, 0.15) is 5.65 Å². The average Bonchev–Trinajstić information content (AvgIpc) is 3.84. The van der Waals surface area contributed by atoms with Gasteiger partial charge in [0.25, 0.3) is 0 Å². The normalized spacial score (nSPS) is 14.3. The van der Waals surface area contributed by atoms with Crippen LogP contribution in [0.3, 0.4) is 0 Å². The van der Waals surface area contributed by atoms with Gasteiger partial charge in [0, 0.05) is 52.4 Å². The van der Waals surface area contributed by atoms with Gasteiger partial charge in [-0.25, -0.2) is 4.98 Å². The van der Waals surface area contributed by atoms with Crippen molar-refractivity contribution in [1.82, 2.24) is 14.5 Å². The second-order valence-corrected chi connectivity index (χ2v) is 14.2. The Kier molecular flexibility index (Phi) is 6.44. The van der Waals surface area contributed by atoms with E-state index in [1.807, 2.05) is 18.6 Å². The van der Waals surface area contributed by atoms with Crippen molar-refractivity contribution in [3.63, 3.8) is 0 Å². The largest absolute Gasteiger partial charge is 0.294 e. The first kappa shape index (κ1) is 29.2. The number of pyridine rings is 2. The van der Waals surface area contributed by atoms with E-state index in [-0.39, 0.29) is 11.8 Å². The molecule has 0 saturated heterocycles. The average molecular weight is 664 g/mol. The molecule has 6 aromatic carbocycles. The summed E-state index contributed by atoms with van der Waals surface area (Å²) in [5.74, 6) is 0.454. The summed E-state index contributed by atoms with van der Waals surface area (Å²) in [6.45, 7) is 0. The molecule has 2 aliphatic carbocycles. The number of hydrogen-bond acceptors (Lipinski definition) is 2. The molecule has 0 saturated carbocycles. The Hall–Kier alpha value is -6.58. The predicted molar refractivity (Wildman–Crippen MR) is 212 cm³/mol. The molecular weight excluding hydrogens is 631 g/mol. The molecule has 9 aromatic rings. The SMILES string of the molecule is c1ccc(-c2ccc3c(c2)-c2cnccc2C3Cc2cccc(-n3c4ccc(C5c6ccccc6-c6ccccc65)cc4c4cccnc43)c2)cc1. The smallest absolute Gasteiger partial charge is 0.145 e. The molecule has 11 rings (SSSR count). The minimum Gasteiger partial charge on any atom is -0.294 e. The highest BCUT2D eigenvalue weighted by molar-refractivity contribution is 6.08. The highest BCUT2D eigenvalue weighted by Gasteiger charge is 2.31. The van der Waals surface area contributed by atoms with Gasteiger partial charge in [0.2, 0.25) is 0 Å². The number of rotatable bonds is 5. The van der Waals surface area contributed by atoms with Gasteiger partial charge < -0.3 is 0 Å². The topological polar surface area (TPSA) is 30.7 Å². The first-order valence-corrected chi connectivity index (χ1v) is 18.1. The van der Waals surface area contributed by atoms with Crippen LogP contribution in [0, 0.1) is 0 Å². The lowest BCUT2D eigenvalue weighted by Crippen LogP contribution is -2.03. The number of hydrogen-bond donors (Lipinski definition) is 0. The van der Waals surface area contributed by atoms with Gasteiger partial charge >= 0.3 is 0 Å². The third kappa shape index (κ3) is 4.39. The second kappa shape index (κ2) is 11.5. The van der Waals surface area contributed by atoms with Crippen molar-refractivity contribution in [2.75, 3.05) is 0 Å².